The van der Waals surface area contributed by atoms with E-state index in [9.17, 15) is 9.90 Å². The number of halogens is 1. The number of hydrogen-bond donors (Lipinski definition) is 3. The number of amides is 1. The minimum absolute atomic E-state index is 0.227. The van der Waals surface area contributed by atoms with E-state index in [-0.39, 0.29) is 30.9 Å². The zero-order valence-electron chi connectivity index (χ0n) is 15.0. The van der Waals surface area contributed by atoms with E-state index in [4.69, 9.17) is 31.5 Å². The van der Waals surface area contributed by atoms with E-state index in [2.05, 4.69) is 15.0 Å². The van der Waals surface area contributed by atoms with Crippen molar-refractivity contribution in [3.8, 4) is 17.3 Å². The van der Waals surface area contributed by atoms with Crippen LogP contribution in [0.4, 0.5) is 0 Å². The van der Waals surface area contributed by atoms with Gasteiger partial charge in [-0.1, -0.05) is 23.7 Å². The highest BCUT2D eigenvalue weighted by molar-refractivity contribution is 6.33. The summed E-state index contributed by atoms with van der Waals surface area (Å²) in [6.07, 6.45) is -1.75. The van der Waals surface area contributed by atoms with Crippen molar-refractivity contribution in [1.82, 2.24) is 15.0 Å². The summed E-state index contributed by atoms with van der Waals surface area (Å²) >= 11 is 6.39. The Labute approximate surface area is 169 Å². The minimum Gasteiger partial charge on any atom is -0.456 e. The summed E-state index contributed by atoms with van der Waals surface area (Å²) in [6.45, 7) is 0.527. The van der Waals surface area contributed by atoms with Gasteiger partial charge in [-0.15, -0.1) is 0 Å². The van der Waals surface area contributed by atoms with Gasteiger partial charge in [-0.3, -0.25) is 9.78 Å². The molecule has 4 heterocycles. The zero-order chi connectivity index (χ0) is 20.1. The normalized spacial score (nSPS) is 26.0. The average Bonchev–Trinajstić information content (AvgIpc) is 3.38. The van der Waals surface area contributed by atoms with Gasteiger partial charge in [0.2, 0.25) is 5.91 Å². The number of H-pyrrole nitrogens is 1. The number of primary amides is 1. The molecule has 4 N–H and O–H groups in total. The fourth-order valence-corrected chi connectivity index (χ4v) is 3.89. The van der Waals surface area contributed by atoms with Gasteiger partial charge in [-0.25, -0.2) is 4.98 Å². The van der Waals surface area contributed by atoms with Crippen molar-refractivity contribution in [3.05, 3.63) is 40.9 Å². The van der Waals surface area contributed by atoms with Gasteiger partial charge in [-0.05, 0) is 18.2 Å². The van der Waals surface area contributed by atoms with E-state index in [0.29, 0.717) is 34.1 Å². The van der Waals surface area contributed by atoms with Crippen molar-refractivity contribution < 1.29 is 24.1 Å². The molecule has 2 aromatic heterocycles. The zero-order valence-corrected chi connectivity index (χ0v) is 15.8. The minimum atomic E-state index is -0.645. The molecule has 0 aliphatic carbocycles. The van der Waals surface area contributed by atoms with Crippen molar-refractivity contribution in [2.75, 3.05) is 13.2 Å². The number of benzene rings is 1. The molecule has 9 nitrogen and oxygen atoms in total. The Hall–Kier alpha value is -2.72. The fourth-order valence-electron chi connectivity index (χ4n) is 3.63. The van der Waals surface area contributed by atoms with Crippen LogP contribution in [0.25, 0.3) is 22.4 Å². The van der Waals surface area contributed by atoms with Crippen LogP contribution in [0.15, 0.2) is 30.3 Å². The third-order valence-electron chi connectivity index (χ3n) is 5.09. The van der Waals surface area contributed by atoms with Gasteiger partial charge in [0.05, 0.1) is 23.9 Å². The van der Waals surface area contributed by atoms with Gasteiger partial charge in [0.1, 0.15) is 23.8 Å². The van der Waals surface area contributed by atoms with Crippen LogP contribution >= 0.6 is 11.6 Å². The fraction of sp³-hybridized carbons (Fsp3) is 0.316. The molecule has 4 atom stereocenters. The summed E-state index contributed by atoms with van der Waals surface area (Å²) in [6, 6.07) is 8.65. The first kappa shape index (κ1) is 18.3. The van der Waals surface area contributed by atoms with E-state index < -0.39 is 12.0 Å². The lowest BCUT2D eigenvalue weighted by atomic mass is 10.1. The summed E-state index contributed by atoms with van der Waals surface area (Å²) in [5.41, 5.74) is 8.00. The lowest BCUT2D eigenvalue weighted by Gasteiger charge is -2.15. The number of pyridine rings is 1. The highest BCUT2D eigenvalue weighted by Crippen LogP contribution is 2.32. The molecule has 2 fully saturated rings. The van der Waals surface area contributed by atoms with Crippen LogP contribution in [0.2, 0.25) is 5.02 Å². The highest BCUT2D eigenvalue weighted by Gasteiger charge is 2.48. The first-order valence-electron chi connectivity index (χ1n) is 9.04. The van der Waals surface area contributed by atoms with Crippen LogP contribution < -0.4 is 10.5 Å². The second kappa shape index (κ2) is 6.96. The van der Waals surface area contributed by atoms with Crippen molar-refractivity contribution in [2.24, 2.45) is 5.73 Å². The van der Waals surface area contributed by atoms with Crippen molar-refractivity contribution in [1.29, 1.82) is 0 Å². The number of imidazole rings is 1. The maximum Gasteiger partial charge on any atom is 0.296 e. The number of carbonyl (C=O) groups excluding carboxylic acids is 1. The summed E-state index contributed by atoms with van der Waals surface area (Å²) in [7, 11) is 0. The number of aliphatic hydroxyl groups excluding tert-OH is 1. The molecule has 1 aromatic carbocycles. The molecule has 2 aliphatic rings. The Morgan fingerprint density at radius 1 is 1.21 bits per heavy atom. The quantitative estimate of drug-likeness (QED) is 0.583. The Morgan fingerprint density at radius 3 is 2.72 bits per heavy atom. The molecule has 0 radical (unpaired) electrons. The molecular formula is C19H17ClN4O5. The summed E-state index contributed by atoms with van der Waals surface area (Å²) < 4.78 is 17.0. The number of aromatic amines is 1. The van der Waals surface area contributed by atoms with Crippen LogP contribution in [0.1, 0.15) is 10.4 Å². The molecule has 150 valence electrons. The molecule has 29 heavy (non-hydrogen) atoms. The first-order chi connectivity index (χ1) is 14.0. The molecule has 0 saturated carbocycles. The van der Waals surface area contributed by atoms with Gasteiger partial charge in [0.25, 0.3) is 6.01 Å². The van der Waals surface area contributed by atoms with Crippen molar-refractivity contribution in [2.45, 2.75) is 24.4 Å². The summed E-state index contributed by atoms with van der Waals surface area (Å²) in [5.74, 6) is -0.502. The van der Waals surface area contributed by atoms with Crippen LogP contribution in [0.3, 0.4) is 0 Å². The second-order valence-electron chi connectivity index (χ2n) is 6.99. The largest absolute Gasteiger partial charge is 0.456 e. The number of nitrogens with one attached hydrogen (secondary N) is 1. The van der Waals surface area contributed by atoms with E-state index in [1.807, 2.05) is 0 Å². The number of nitrogens with two attached hydrogens (primary N) is 1. The maximum absolute atomic E-state index is 11.2. The van der Waals surface area contributed by atoms with Crippen LogP contribution in [0, 0.1) is 0 Å². The number of carbonyl (C=O) groups is 1. The van der Waals surface area contributed by atoms with E-state index in [1.165, 1.54) is 0 Å². The molecular weight excluding hydrogens is 400 g/mol. The number of fused-ring (bicyclic) bond motifs is 2. The molecule has 2 saturated heterocycles. The highest BCUT2D eigenvalue weighted by atomic mass is 35.5. The Bertz CT molecular complexity index is 1090. The molecule has 0 spiro atoms. The van der Waals surface area contributed by atoms with E-state index >= 15 is 0 Å². The number of ether oxygens (including phenoxy) is 3. The molecule has 3 aromatic rings. The first-order valence-corrected chi connectivity index (χ1v) is 9.42. The van der Waals surface area contributed by atoms with Gasteiger partial charge in [-0.2, -0.15) is 4.98 Å². The van der Waals surface area contributed by atoms with Crippen LogP contribution in [0.5, 0.6) is 6.01 Å². The van der Waals surface area contributed by atoms with Gasteiger partial charge in [0.15, 0.2) is 11.8 Å². The van der Waals surface area contributed by atoms with E-state index in [1.54, 1.807) is 30.3 Å². The maximum atomic E-state index is 11.2. The molecule has 2 aliphatic heterocycles. The number of nitrogens with zero attached hydrogens (tertiary/aromatic N) is 2. The third kappa shape index (κ3) is 3.22. The standard InChI is InChI=1S/C19H17ClN4O5/c20-10-5-11-18(23-14(10)8-1-3-9(4-2-8)17(21)26)24-19(22-11)29-13-7-28-15-12(25)6-27-16(13)15/h1-5,12-13,15-16,25H,6-7H2,(H2,21,26)(H,22,23,24). The molecule has 0 bridgehead atoms. The molecule has 5 rings (SSSR count). The molecule has 4 unspecified atom stereocenters. The van der Waals surface area contributed by atoms with Gasteiger partial charge < -0.3 is 25.1 Å². The third-order valence-corrected chi connectivity index (χ3v) is 5.38. The number of hydrogen-bond acceptors (Lipinski definition) is 7. The van der Waals surface area contributed by atoms with Crippen molar-refractivity contribution >= 4 is 28.7 Å². The topological polar surface area (TPSA) is 133 Å². The van der Waals surface area contributed by atoms with Crippen molar-refractivity contribution in [3.63, 3.8) is 0 Å². The number of aromatic nitrogens is 3. The summed E-state index contributed by atoms with van der Waals surface area (Å²) in [5, 5.41) is 10.2. The van der Waals surface area contributed by atoms with Gasteiger partial charge in [0, 0.05) is 11.1 Å². The monoisotopic (exact) mass is 416 g/mol. The predicted molar refractivity (Wildman–Crippen MR) is 103 cm³/mol. The van der Waals surface area contributed by atoms with Crippen LogP contribution in [-0.2, 0) is 9.47 Å². The number of rotatable bonds is 4. The SMILES string of the molecule is NC(=O)c1ccc(-c2nc3[nH]c(OC4COC5C(O)COC45)nc3cc2Cl)cc1. The number of aliphatic hydroxyl groups is 1. The average molecular weight is 417 g/mol. The van der Waals surface area contributed by atoms with Gasteiger partial charge >= 0.3 is 0 Å². The Balaban J connectivity index is 1.41. The van der Waals surface area contributed by atoms with Crippen LogP contribution in [-0.4, -0.2) is 63.6 Å². The van der Waals surface area contributed by atoms with E-state index in [0.717, 1.165) is 5.56 Å². The summed E-state index contributed by atoms with van der Waals surface area (Å²) in [4.78, 5) is 23.2. The Morgan fingerprint density at radius 2 is 1.97 bits per heavy atom. The smallest absolute Gasteiger partial charge is 0.296 e. The Kier molecular flexibility index (Phi) is 4.39. The molecule has 10 heteroatoms. The second-order valence-corrected chi connectivity index (χ2v) is 7.40. The lowest BCUT2D eigenvalue weighted by Crippen LogP contribution is -2.34. The molecule has 1 amide bonds. The predicted octanol–water partition coefficient (Wildman–Crippen LogP) is 1.28. The lowest BCUT2D eigenvalue weighted by molar-refractivity contribution is 0.00706.